The van der Waals surface area contributed by atoms with Crippen molar-refractivity contribution >= 4 is 0 Å². The first-order chi connectivity index (χ1) is 9.92. The Bertz CT molecular complexity index is 451. The number of hydrogen-bond donors (Lipinski definition) is 1. The van der Waals surface area contributed by atoms with Crippen LogP contribution in [0.1, 0.15) is 55.0 Å². The van der Waals surface area contributed by atoms with Crippen LogP contribution in [0.4, 0.5) is 0 Å². The molecule has 2 heteroatoms. The minimum absolute atomic E-state index is 0.423. The van der Waals surface area contributed by atoms with E-state index in [1.807, 2.05) is 0 Å². The van der Waals surface area contributed by atoms with Gasteiger partial charge in [-0.05, 0) is 77.1 Å². The molecule has 1 unspecified atom stereocenters. The number of nitrogens with zero attached hydrogens (tertiary/aromatic N) is 1. The van der Waals surface area contributed by atoms with Crippen LogP contribution < -0.4 is 5.32 Å². The molecule has 1 saturated carbocycles. The monoisotopic (exact) mass is 288 g/mol. The molecule has 1 atom stereocenters. The van der Waals surface area contributed by atoms with Crippen molar-refractivity contribution in [3.8, 4) is 0 Å². The molecule has 0 bridgehead atoms. The maximum atomic E-state index is 3.56. The minimum atomic E-state index is 0.423. The predicted octanol–water partition coefficient (Wildman–Crippen LogP) is 3.99. The van der Waals surface area contributed by atoms with Crippen LogP contribution in [0, 0.1) is 26.7 Å². The molecular weight excluding hydrogens is 256 g/mol. The highest BCUT2D eigenvalue weighted by atomic mass is 15.2. The lowest BCUT2D eigenvalue weighted by molar-refractivity contribution is 0.191. The maximum Gasteiger partial charge on any atom is 0.0452 e. The molecule has 1 N–H and O–H groups in total. The lowest BCUT2D eigenvalue weighted by Gasteiger charge is -2.32. The summed E-state index contributed by atoms with van der Waals surface area (Å²) in [5.74, 6) is 0.949. The van der Waals surface area contributed by atoms with Crippen LogP contribution in [0.3, 0.4) is 0 Å². The van der Waals surface area contributed by atoms with Crippen LogP contribution in [0.25, 0.3) is 0 Å². The summed E-state index contributed by atoms with van der Waals surface area (Å²) in [7, 11) is 2.10. The summed E-state index contributed by atoms with van der Waals surface area (Å²) < 4.78 is 0. The molecule has 1 aliphatic rings. The van der Waals surface area contributed by atoms with Crippen molar-refractivity contribution in [2.45, 2.75) is 59.5 Å². The van der Waals surface area contributed by atoms with Gasteiger partial charge in [-0.2, -0.15) is 0 Å². The maximum absolute atomic E-state index is 3.56. The van der Waals surface area contributed by atoms with E-state index in [0.717, 1.165) is 12.5 Å². The minimum Gasteiger partial charge on any atom is -0.312 e. The zero-order chi connectivity index (χ0) is 15.6. The molecule has 2 rings (SSSR count). The van der Waals surface area contributed by atoms with E-state index < -0.39 is 0 Å². The van der Waals surface area contributed by atoms with E-state index in [-0.39, 0.29) is 0 Å². The highest BCUT2D eigenvalue weighted by Gasteiger charge is 2.27. The van der Waals surface area contributed by atoms with Crippen LogP contribution in [0.5, 0.6) is 0 Å². The first-order valence-electron chi connectivity index (χ1n) is 8.41. The van der Waals surface area contributed by atoms with Gasteiger partial charge < -0.3 is 5.32 Å². The molecule has 1 aromatic carbocycles. The average Bonchev–Trinajstić information content (AvgIpc) is 3.18. The molecule has 0 aromatic heterocycles. The van der Waals surface area contributed by atoms with Gasteiger partial charge in [-0.15, -0.1) is 0 Å². The molecule has 0 spiro atoms. The lowest BCUT2D eigenvalue weighted by atomic mass is 9.93. The Hall–Kier alpha value is -0.860. The molecule has 0 radical (unpaired) electrons. The number of rotatable bonds is 7. The summed E-state index contributed by atoms with van der Waals surface area (Å²) in [6.07, 6.45) is 2.85. The third-order valence-electron chi connectivity index (χ3n) is 4.77. The molecule has 0 heterocycles. The largest absolute Gasteiger partial charge is 0.312 e. The molecule has 0 saturated heterocycles. The van der Waals surface area contributed by atoms with Crippen LogP contribution in [0.15, 0.2) is 12.1 Å². The summed E-state index contributed by atoms with van der Waals surface area (Å²) in [6.45, 7) is 13.7. The van der Waals surface area contributed by atoms with E-state index >= 15 is 0 Å². The summed E-state index contributed by atoms with van der Waals surface area (Å²) in [4.78, 5) is 2.65. The Kier molecular flexibility index (Phi) is 5.45. The van der Waals surface area contributed by atoms with Gasteiger partial charge in [-0.3, -0.25) is 4.90 Å². The molecule has 2 nitrogen and oxygen atoms in total. The highest BCUT2D eigenvalue weighted by Crippen LogP contribution is 2.31. The highest BCUT2D eigenvalue weighted by molar-refractivity contribution is 5.39. The topological polar surface area (TPSA) is 15.3 Å². The van der Waals surface area contributed by atoms with Crippen molar-refractivity contribution < 1.29 is 0 Å². The fourth-order valence-electron chi connectivity index (χ4n) is 3.43. The Morgan fingerprint density at radius 3 is 2.14 bits per heavy atom. The zero-order valence-corrected chi connectivity index (χ0v) is 14.7. The average molecular weight is 288 g/mol. The van der Waals surface area contributed by atoms with E-state index in [1.165, 1.54) is 41.6 Å². The van der Waals surface area contributed by atoms with Crippen LogP contribution >= 0.6 is 0 Å². The lowest BCUT2D eigenvalue weighted by Crippen LogP contribution is -2.40. The third kappa shape index (κ3) is 4.31. The Balaban J connectivity index is 2.18. The molecule has 0 amide bonds. The second-order valence-corrected chi connectivity index (χ2v) is 7.14. The molecule has 1 aromatic rings. The third-order valence-corrected chi connectivity index (χ3v) is 4.77. The van der Waals surface area contributed by atoms with Crippen molar-refractivity contribution in [1.82, 2.24) is 10.2 Å². The van der Waals surface area contributed by atoms with Gasteiger partial charge in [0.1, 0.15) is 0 Å². The molecule has 21 heavy (non-hydrogen) atoms. The fourth-order valence-corrected chi connectivity index (χ4v) is 3.43. The van der Waals surface area contributed by atoms with Gasteiger partial charge in [0.2, 0.25) is 0 Å². The second kappa shape index (κ2) is 6.93. The fraction of sp³-hybridized carbons (Fsp3) is 0.684. The van der Waals surface area contributed by atoms with Crippen molar-refractivity contribution in [3.63, 3.8) is 0 Å². The van der Waals surface area contributed by atoms with Crippen LogP contribution in [0.2, 0.25) is 0 Å². The van der Waals surface area contributed by atoms with E-state index in [4.69, 9.17) is 0 Å². The number of aryl methyl sites for hydroxylation is 3. The van der Waals surface area contributed by atoms with Gasteiger partial charge in [0.15, 0.2) is 0 Å². The normalized spacial score (nSPS) is 16.8. The van der Waals surface area contributed by atoms with Crippen LogP contribution in [-0.4, -0.2) is 31.1 Å². The van der Waals surface area contributed by atoms with E-state index in [0.29, 0.717) is 12.1 Å². The van der Waals surface area contributed by atoms with Crippen LogP contribution in [-0.2, 0) is 0 Å². The Labute approximate surface area is 130 Å². The summed E-state index contributed by atoms with van der Waals surface area (Å²) in [5.41, 5.74) is 5.69. The van der Waals surface area contributed by atoms with Gasteiger partial charge in [0, 0.05) is 25.2 Å². The number of nitrogens with one attached hydrogen (secondary N) is 1. The number of benzene rings is 1. The predicted molar refractivity (Wildman–Crippen MR) is 91.9 cm³/mol. The summed E-state index contributed by atoms with van der Waals surface area (Å²) in [6, 6.07) is 5.67. The molecular formula is C19H32N2. The van der Waals surface area contributed by atoms with Crippen molar-refractivity contribution in [1.29, 1.82) is 0 Å². The van der Waals surface area contributed by atoms with E-state index in [9.17, 15) is 0 Å². The quantitative estimate of drug-likeness (QED) is 0.816. The van der Waals surface area contributed by atoms with Gasteiger partial charge in [0.25, 0.3) is 0 Å². The zero-order valence-electron chi connectivity index (χ0n) is 14.7. The molecule has 1 aliphatic carbocycles. The molecule has 1 fully saturated rings. The Morgan fingerprint density at radius 1 is 1.14 bits per heavy atom. The van der Waals surface area contributed by atoms with Gasteiger partial charge in [0.05, 0.1) is 0 Å². The van der Waals surface area contributed by atoms with Gasteiger partial charge in [-0.1, -0.05) is 17.7 Å². The van der Waals surface area contributed by atoms with Crippen molar-refractivity contribution in [3.05, 3.63) is 34.4 Å². The van der Waals surface area contributed by atoms with Gasteiger partial charge in [-0.25, -0.2) is 0 Å². The SMILES string of the molecule is CNC(CN(CC1CC1)C(C)C)c1c(C)cc(C)cc1C. The van der Waals surface area contributed by atoms with E-state index in [2.05, 4.69) is 64.0 Å². The summed E-state index contributed by atoms with van der Waals surface area (Å²) >= 11 is 0. The van der Waals surface area contributed by atoms with Crippen molar-refractivity contribution in [2.75, 3.05) is 20.1 Å². The van der Waals surface area contributed by atoms with E-state index in [1.54, 1.807) is 0 Å². The first kappa shape index (κ1) is 16.5. The van der Waals surface area contributed by atoms with Crippen molar-refractivity contribution in [2.24, 2.45) is 5.92 Å². The standard InChI is InChI=1S/C19H32N2/c1-13(2)21(11-17-7-8-17)12-18(20-6)19-15(4)9-14(3)10-16(19)5/h9-10,13,17-18,20H,7-8,11-12H2,1-6H3. The first-order valence-corrected chi connectivity index (χ1v) is 8.41. The molecule has 118 valence electrons. The smallest absolute Gasteiger partial charge is 0.0452 e. The Morgan fingerprint density at radius 2 is 1.71 bits per heavy atom. The number of hydrogen-bond acceptors (Lipinski definition) is 2. The number of likely N-dealkylation sites (N-methyl/N-ethyl adjacent to an activating group) is 1. The second-order valence-electron chi connectivity index (χ2n) is 7.14. The molecule has 0 aliphatic heterocycles. The van der Waals surface area contributed by atoms with Gasteiger partial charge >= 0.3 is 0 Å². The summed E-state index contributed by atoms with van der Waals surface area (Å²) in [5, 5.41) is 3.56.